The predicted molar refractivity (Wildman–Crippen MR) is 47.0 cm³/mol. The van der Waals surface area contributed by atoms with E-state index < -0.39 is 0 Å². The summed E-state index contributed by atoms with van der Waals surface area (Å²) in [6, 6.07) is 5.34. The zero-order chi connectivity index (χ0) is 8.97. The Balaban J connectivity index is 2.87. The molecular formula is C8H10ClNO2. The molecule has 0 spiro atoms. The van der Waals surface area contributed by atoms with Crippen molar-refractivity contribution in [2.45, 2.75) is 6.61 Å². The van der Waals surface area contributed by atoms with E-state index in [0.29, 0.717) is 11.6 Å². The van der Waals surface area contributed by atoms with Crippen molar-refractivity contribution in [3.63, 3.8) is 0 Å². The lowest BCUT2D eigenvalue weighted by Gasteiger charge is -2.04. The Hall–Kier alpha value is -0.770. The van der Waals surface area contributed by atoms with Crippen LogP contribution in [0, 0.1) is 0 Å². The molecule has 0 aromatic heterocycles. The van der Waals surface area contributed by atoms with Crippen LogP contribution in [0.2, 0.25) is 5.02 Å². The topological polar surface area (TPSA) is 44.5 Å². The first kappa shape index (κ1) is 9.32. The van der Waals surface area contributed by atoms with Gasteiger partial charge in [0.05, 0.1) is 13.7 Å². The van der Waals surface area contributed by atoms with Crippen molar-refractivity contribution in [2.24, 2.45) is 5.90 Å². The number of nitrogens with two attached hydrogens (primary N) is 1. The van der Waals surface area contributed by atoms with E-state index in [1.807, 2.05) is 6.07 Å². The second-order valence-corrected chi connectivity index (χ2v) is 2.68. The zero-order valence-corrected chi connectivity index (χ0v) is 7.47. The van der Waals surface area contributed by atoms with E-state index in [9.17, 15) is 0 Å². The molecule has 4 heteroatoms. The summed E-state index contributed by atoms with van der Waals surface area (Å²) in [4.78, 5) is 4.46. The van der Waals surface area contributed by atoms with Crippen LogP contribution in [0.1, 0.15) is 5.56 Å². The number of hydrogen-bond acceptors (Lipinski definition) is 3. The van der Waals surface area contributed by atoms with Crippen molar-refractivity contribution in [3.05, 3.63) is 28.8 Å². The van der Waals surface area contributed by atoms with E-state index in [2.05, 4.69) is 4.84 Å². The van der Waals surface area contributed by atoms with Gasteiger partial charge >= 0.3 is 0 Å². The first-order valence-corrected chi connectivity index (χ1v) is 3.80. The van der Waals surface area contributed by atoms with Gasteiger partial charge in [0.25, 0.3) is 0 Å². The summed E-state index contributed by atoms with van der Waals surface area (Å²) >= 11 is 5.87. The van der Waals surface area contributed by atoms with E-state index in [4.69, 9.17) is 22.2 Å². The normalized spacial score (nSPS) is 9.92. The molecule has 0 saturated heterocycles. The van der Waals surface area contributed by atoms with E-state index in [1.54, 1.807) is 19.2 Å². The van der Waals surface area contributed by atoms with Crippen LogP contribution in [0.5, 0.6) is 5.75 Å². The standard InChI is InChI=1S/C8H10ClNO2/c1-11-7-3-2-6(5-12-10)8(9)4-7/h2-4H,5,10H2,1H3. The number of hydrogen-bond donors (Lipinski definition) is 1. The van der Waals surface area contributed by atoms with Gasteiger partial charge in [-0.15, -0.1) is 0 Å². The summed E-state index contributed by atoms with van der Waals surface area (Å²) in [6.07, 6.45) is 0. The van der Waals surface area contributed by atoms with Gasteiger partial charge in [-0.1, -0.05) is 17.7 Å². The third kappa shape index (κ3) is 2.11. The van der Waals surface area contributed by atoms with Crippen LogP contribution < -0.4 is 10.6 Å². The van der Waals surface area contributed by atoms with Crippen molar-refractivity contribution in [1.82, 2.24) is 0 Å². The van der Waals surface area contributed by atoms with E-state index in [0.717, 1.165) is 11.3 Å². The molecular weight excluding hydrogens is 178 g/mol. The lowest BCUT2D eigenvalue weighted by Crippen LogP contribution is -1.99. The quantitative estimate of drug-likeness (QED) is 0.734. The smallest absolute Gasteiger partial charge is 0.120 e. The second kappa shape index (κ2) is 4.30. The fourth-order valence-electron chi connectivity index (χ4n) is 0.862. The highest BCUT2D eigenvalue weighted by Crippen LogP contribution is 2.22. The molecule has 1 rings (SSSR count). The molecule has 0 radical (unpaired) electrons. The fraction of sp³-hybridized carbons (Fsp3) is 0.250. The summed E-state index contributed by atoms with van der Waals surface area (Å²) in [7, 11) is 1.59. The van der Waals surface area contributed by atoms with Crippen molar-refractivity contribution < 1.29 is 9.57 Å². The Kier molecular flexibility index (Phi) is 3.34. The maximum atomic E-state index is 5.87. The highest BCUT2D eigenvalue weighted by atomic mass is 35.5. The monoisotopic (exact) mass is 187 g/mol. The van der Waals surface area contributed by atoms with Crippen LogP contribution in [-0.2, 0) is 11.4 Å². The van der Waals surface area contributed by atoms with Crippen molar-refractivity contribution in [3.8, 4) is 5.75 Å². The number of benzene rings is 1. The summed E-state index contributed by atoms with van der Waals surface area (Å²) in [5, 5.41) is 0.597. The van der Waals surface area contributed by atoms with E-state index >= 15 is 0 Å². The number of ether oxygens (including phenoxy) is 1. The average Bonchev–Trinajstić information content (AvgIpc) is 2.09. The van der Waals surface area contributed by atoms with Gasteiger partial charge in [-0.3, -0.25) is 4.84 Å². The fourth-order valence-corrected chi connectivity index (χ4v) is 1.09. The van der Waals surface area contributed by atoms with Crippen LogP contribution >= 0.6 is 11.6 Å². The van der Waals surface area contributed by atoms with Gasteiger partial charge < -0.3 is 4.74 Å². The van der Waals surface area contributed by atoms with Crippen LogP contribution in [0.15, 0.2) is 18.2 Å². The first-order valence-electron chi connectivity index (χ1n) is 3.42. The minimum atomic E-state index is 0.308. The van der Waals surface area contributed by atoms with Crippen LogP contribution in [0.4, 0.5) is 0 Å². The molecule has 0 bridgehead atoms. The highest BCUT2D eigenvalue weighted by Gasteiger charge is 2.00. The number of halogens is 1. The molecule has 0 heterocycles. The van der Waals surface area contributed by atoms with Gasteiger partial charge in [-0.05, 0) is 17.7 Å². The van der Waals surface area contributed by atoms with Crippen molar-refractivity contribution in [1.29, 1.82) is 0 Å². The Morgan fingerprint density at radius 3 is 2.75 bits per heavy atom. The Morgan fingerprint density at radius 2 is 2.25 bits per heavy atom. The Labute approximate surface area is 76.0 Å². The number of rotatable bonds is 3. The molecule has 66 valence electrons. The molecule has 0 aliphatic carbocycles. The lowest BCUT2D eigenvalue weighted by atomic mass is 10.2. The van der Waals surface area contributed by atoms with Crippen molar-refractivity contribution in [2.75, 3.05) is 7.11 Å². The largest absolute Gasteiger partial charge is 0.497 e. The van der Waals surface area contributed by atoms with Gasteiger partial charge in [0, 0.05) is 5.02 Å². The molecule has 1 aromatic rings. The average molecular weight is 188 g/mol. The van der Waals surface area contributed by atoms with Crippen LogP contribution in [-0.4, -0.2) is 7.11 Å². The van der Waals surface area contributed by atoms with Gasteiger partial charge in [0.15, 0.2) is 0 Å². The maximum absolute atomic E-state index is 5.87. The van der Waals surface area contributed by atoms with Gasteiger partial charge in [-0.2, -0.15) is 0 Å². The van der Waals surface area contributed by atoms with Gasteiger partial charge in [-0.25, -0.2) is 5.90 Å². The maximum Gasteiger partial charge on any atom is 0.120 e. The Bertz CT molecular complexity index is 265. The lowest BCUT2D eigenvalue weighted by molar-refractivity contribution is 0.124. The highest BCUT2D eigenvalue weighted by molar-refractivity contribution is 6.31. The molecule has 2 N–H and O–H groups in total. The van der Waals surface area contributed by atoms with Gasteiger partial charge in [0.1, 0.15) is 5.75 Å². The second-order valence-electron chi connectivity index (χ2n) is 2.27. The van der Waals surface area contributed by atoms with Crippen LogP contribution in [0.3, 0.4) is 0 Å². The molecule has 3 nitrogen and oxygen atoms in total. The number of methoxy groups -OCH3 is 1. The molecule has 0 aliphatic heterocycles. The summed E-state index contributed by atoms with van der Waals surface area (Å²) in [6.45, 7) is 0.308. The molecule has 0 aliphatic rings. The molecule has 0 atom stereocenters. The molecule has 1 aromatic carbocycles. The third-order valence-electron chi connectivity index (χ3n) is 1.50. The predicted octanol–water partition coefficient (Wildman–Crippen LogP) is 1.74. The summed E-state index contributed by atoms with van der Waals surface area (Å²) in [5.41, 5.74) is 0.847. The Morgan fingerprint density at radius 1 is 1.50 bits per heavy atom. The minimum absolute atomic E-state index is 0.308. The summed E-state index contributed by atoms with van der Waals surface area (Å²) in [5.74, 6) is 5.63. The molecule has 12 heavy (non-hydrogen) atoms. The SMILES string of the molecule is COc1ccc(CON)c(Cl)c1. The summed E-state index contributed by atoms with van der Waals surface area (Å²) < 4.78 is 4.97. The molecule has 0 amide bonds. The van der Waals surface area contributed by atoms with Gasteiger partial charge in [0.2, 0.25) is 0 Å². The zero-order valence-electron chi connectivity index (χ0n) is 6.71. The first-order chi connectivity index (χ1) is 5.77. The molecule has 0 unspecified atom stereocenters. The van der Waals surface area contributed by atoms with Crippen molar-refractivity contribution >= 4 is 11.6 Å². The van der Waals surface area contributed by atoms with Crippen LogP contribution in [0.25, 0.3) is 0 Å². The third-order valence-corrected chi connectivity index (χ3v) is 1.85. The van der Waals surface area contributed by atoms with E-state index in [-0.39, 0.29) is 0 Å². The van der Waals surface area contributed by atoms with E-state index in [1.165, 1.54) is 0 Å². The molecule has 0 fully saturated rings. The minimum Gasteiger partial charge on any atom is -0.497 e. The molecule has 0 saturated carbocycles.